The average molecular weight is 779 g/mol. The smallest absolute Gasteiger partial charge is 0.161 e. The van der Waals surface area contributed by atoms with Gasteiger partial charge in [0.25, 0.3) is 0 Å². The van der Waals surface area contributed by atoms with E-state index < -0.39 is 0 Å². The second-order valence-electron chi connectivity index (χ2n) is 17.4. The Kier molecular flexibility index (Phi) is 7.74. The standard InChI is InChI=1S/C59H42N2/c1-58(2)55-41-22-11-10-17-37(41)29-32-49(55)48-27-16-26-47(56(48)58)44-33-34-50(43-24-13-12-23-42(43)44)57-60-53(38-18-6-4-7-19-38)36-54(61-57)39-30-31-46-45-25-14-15-28-51(45)59(3,52(46)35-39)40-20-8-5-9-21-40/h4-36H,1-3H3. The van der Waals surface area contributed by atoms with Gasteiger partial charge in [-0.3, -0.25) is 0 Å². The van der Waals surface area contributed by atoms with Crippen molar-refractivity contribution in [3.05, 3.63) is 228 Å². The molecule has 2 aliphatic rings. The fraction of sp³-hybridized carbons (Fsp3) is 0.0847. The van der Waals surface area contributed by atoms with Crippen molar-refractivity contribution >= 4 is 21.5 Å². The highest BCUT2D eigenvalue weighted by Crippen LogP contribution is 2.56. The number of fused-ring (bicyclic) bond motifs is 9. The van der Waals surface area contributed by atoms with E-state index in [1.54, 1.807) is 0 Å². The summed E-state index contributed by atoms with van der Waals surface area (Å²) in [5, 5.41) is 4.93. The molecule has 0 saturated carbocycles. The van der Waals surface area contributed by atoms with Crippen LogP contribution in [0.1, 0.15) is 48.6 Å². The molecule has 1 atom stereocenters. The zero-order chi connectivity index (χ0) is 40.9. The van der Waals surface area contributed by atoms with Crippen LogP contribution in [0.25, 0.3) is 88.8 Å². The maximum atomic E-state index is 5.47. The van der Waals surface area contributed by atoms with Crippen LogP contribution in [0.3, 0.4) is 0 Å². The Hall–Kier alpha value is -7.42. The molecule has 9 aromatic carbocycles. The summed E-state index contributed by atoms with van der Waals surface area (Å²) in [4.78, 5) is 10.8. The van der Waals surface area contributed by atoms with Crippen LogP contribution in [0.5, 0.6) is 0 Å². The van der Waals surface area contributed by atoms with Gasteiger partial charge in [0.2, 0.25) is 0 Å². The Balaban J connectivity index is 1.04. The van der Waals surface area contributed by atoms with E-state index >= 15 is 0 Å². The van der Waals surface area contributed by atoms with Crippen LogP contribution in [-0.2, 0) is 10.8 Å². The van der Waals surface area contributed by atoms with Gasteiger partial charge in [-0.25, -0.2) is 9.97 Å². The monoisotopic (exact) mass is 778 g/mol. The van der Waals surface area contributed by atoms with Gasteiger partial charge >= 0.3 is 0 Å². The van der Waals surface area contributed by atoms with Gasteiger partial charge in [0.05, 0.1) is 11.4 Å². The van der Waals surface area contributed by atoms with Crippen LogP contribution in [-0.4, -0.2) is 9.97 Å². The van der Waals surface area contributed by atoms with Gasteiger partial charge < -0.3 is 0 Å². The first kappa shape index (κ1) is 35.5. The van der Waals surface area contributed by atoms with Gasteiger partial charge in [-0.15, -0.1) is 0 Å². The van der Waals surface area contributed by atoms with Crippen LogP contribution >= 0.6 is 0 Å². The SMILES string of the molecule is CC1(C)c2c(cccc2-c2ccc(-c3nc(-c4ccccc4)cc(-c4ccc5c(c4)C(C)(c4ccccc4)c4ccccc4-5)n3)c3ccccc23)-c2ccc3ccccc3c21. The first-order valence-corrected chi connectivity index (χ1v) is 21.3. The number of aromatic nitrogens is 2. The molecule has 0 amide bonds. The third-order valence-corrected chi connectivity index (χ3v) is 13.7. The molecule has 12 rings (SSSR count). The summed E-state index contributed by atoms with van der Waals surface area (Å²) in [6, 6.07) is 73.0. The van der Waals surface area contributed by atoms with Crippen LogP contribution in [0.4, 0.5) is 0 Å². The Labute approximate surface area is 356 Å². The average Bonchev–Trinajstić information content (AvgIpc) is 3.73. The van der Waals surface area contributed by atoms with Gasteiger partial charge in [0.15, 0.2) is 5.82 Å². The van der Waals surface area contributed by atoms with Crippen molar-refractivity contribution in [2.45, 2.75) is 31.6 Å². The third-order valence-electron chi connectivity index (χ3n) is 13.7. The van der Waals surface area contributed by atoms with E-state index in [9.17, 15) is 0 Å². The minimum Gasteiger partial charge on any atom is -0.228 e. The number of rotatable bonds is 5. The Bertz CT molecular complexity index is 3400. The van der Waals surface area contributed by atoms with Crippen molar-refractivity contribution in [3.63, 3.8) is 0 Å². The molecule has 0 spiro atoms. The second kappa shape index (κ2) is 13.3. The van der Waals surface area contributed by atoms with Crippen molar-refractivity contribution in [2.24, 2.45) is 0 Å². The van der Waals surface area contributed by atoms with Crippen molar-refractivity contribution < 1.29 is 0 Å². The molecular formula is C59H42N2. The topological polar surface area (TPSA) is 25.8 Å². The molecule has 0 radical (unpaired) electrons. The molecule has 61 heavy (non-hydrogen) atoms. The molecule has 1 unspecified atom stereocenters. The summed E-state index contributed by atoms with van der Waals surface area (Å²) >= 11 is 0. The van der Waals surface area contributed by atoms with Crippen LogP contribution in [0.15, 0.2) is 200 Å². The summed E-state index contributed by atoms with van der Waals surface area (Å²) in [6.45, 7) is 7.17. The minimum absolute atomic E-state index is 0.197. The minimum atomic E-state index is -0.312. The molecule has 0 N–H and O–H groups in total. The highest BCUT2D eigenvalue weighted by molar-refractivity contribution is 6.07. The molecule has 288 valence electrons. The molecule has 1 heterocycles. The predicted octanol–water partition coefficient (Wildman–Crippen LogP) is 15.1. The van der Waals surface area contributed by atoms with E-state index in [0.717, 1.165) is 33.5 Å². The van der Waals surface area contributed by atoms with Gasteiger partial charge in [-0.2, -0.15) is 0 Å². The summed E-state index contributed by atoms with van der Waals surface area (Å²) in [5.41, 5.74) is 18.8. The predicted molar refractivity (Wildman–Crippen MR) is 254 cm³/mol. The number of hydrogen-bond donors (Lipinski definition) is 0. The van der Waals surface area contributed by atoms with Crippen molar-refractivity contribution in [2.75, 3.05) is 0 Å². The lowest BCUT2D eigenvalue weighted by atomic mass is 9.74. The zero-order valence-corrected chi connectivity index (χ0v) is 34.4. The molecule has 0 fully saturated rings. The molecule has 1 aromatic heterocycles. The first-order chi connectivity index (χ1) is 29.9. The molecular weight excluding hydrogens is 737 g/mol. The van der Waals surface area contributed by atoms with Gasteiger partial charge in [-0.1, -0.05) is 196 Å². The van der Waals surface area contributed by atoms with E-state index in [-0.39, 0.29) is 10.8 Å². The maximum Gasteiger partial charge on any atom is 0.161 e. The molecule has 10 aromatic rings. The van der Waals surface area contributed by atoms with Crippen molar-refractivity contribution in [3.8, 4) is 67.3 Å². The molecule has 2 heteroatoms. The van der Waals surface area contributed by atoms with E-state index in [4.69, 9.17) is 9.97 Å². The number of nitrogens with zero attached hydrogens (tertiary/aromatic N) is 2. The molecule has 0 saturated heterocycles. The van der Waals surface area contributed by atoms with E-state index in [1.807, 2.05) is 0 Å². The maximum absolute atomic E-state index is 5.47. The lowest BCUT2D eigenvalue weighted by molar-refractivity contribution is 0.668. The summed E-state index contributed by atoms with van der Waals surface area (Å²) < 4.78 is 0. The van der Waals surface area contributed by atoms with Gasteiger partial charge in [0.1, 0.15) is 0 Å². The number of hydrogen-bond acceptors (Lipinski definition) is 2. The van der Waals surface area contributed by atoms with Crippen LogP contribution < -0.4 is 0 Å². The summed E-state index contributed by atoms with van der Waals surface area (Å²) in [7, 11) is 0. The third kappa shape index (κ3) is 5.22. The van der Waals surface area contributed by atoms with Crippen molar-refractivity contribution in [1.82, 2.24) is 9.97 Å². The van der Waals surface area contributed by atoms with Crippen LogP contribution in [0, 0.1) is 0 Å². The summed E-state index contributed by atoms with van der Waals surface area (Å²) in [5.74, 6) is 0.714. The van der Waals surface area contributed by atoms with E-state index in [1.165, 1.54) is 77.4 Å². The van der Waals surface area contributed by atoms with Crippen molar-refractivity contribution in [1.29, 1.82) is 0 Å². The van der Waals surface area contributed by atoms with Gasteiger partial charge in [-0.05, 0) is 108 Å². The fourth-order valence-corrected chi connectivity index (χ4v) is 10.9. The number of benzene rings is 9. The molecule has 0 aliphatic heterocycles. The Morgan fingerprint density at radius 1 is 0.344 bits per heavy atom. The van der Waals surface area contributed by atoms with E-state index in [2.05, 4.69) is 221 Å². The van der Waals surface area contributed by atoms with Gasteiger partial charge in [0, 0.05) is 27.5 Å². The highest BCUT2D eigenvalue weighted by Gasteiger charge is 2.41. The lowest BCUT2D eigenvalue weighted by Gasteiger charge is -2.28. The Morgan fingerprint density at radius 3 is 1.67 bits per heavy atom. The second-order valence-corrected chi connectivity index (χ2v) is 17.4. The fourth-order valence-electron chi connectivity index (χ4n) is 10.9. The highest BCUT2D eigenvalue weighted by atomic mass is 14.9. The summed E-state index contributed by atoms with van der Waals surface area (Å²) in [6.07, 6.45) is 0. The molecule has 0 bridgehead atoms. The molecule has 2 aliphatic carbocycles. The Morgan fingerprint density at radius 2 is 0.885 bits per heavy atom. The van der Waals surface area contributed by atoms with Crippen LogP contribution in [0.2, 0.25) is 0 Å². The lowest BCUT2D eigenvalue weighted by Crippen LogP contribution is -2.22. The first-order valence-electron chi connectivity index (χ1n) is 21.3. The largest absolute Gasteiger partial charge is 0.228 e. The zero-order valence-electron chi connectivity index (χ0n) is 34.4. The molecule has 2 nitrogen and oxygen atoms in total. The van der Waals surface area contributed by atoms with E-state index in [0.29, 0.717) is 5.82 Å². The normalized spacial score (nSPS) is 15.7. The quantitative estimate of drug-likeness (QED) is 0.174.